The molecule has 0 amide bonds. The van der Waals surface area contributed by atoms with Gasteiger partial charge in [-0.05, 0) is 57.9 Å². The van der Waals surface area contributed by atoms with Crippen molar-refractivity contribution in [3.63, 3.8) is 0 Å². The molecular weight excluding hydrogens is 376 g/mol. The molecule has 0 atom stereocenters. The zero-order valence-electron chi connectivity index (χ0n) is 15.2. The topological polar surface area (TPSA) is 111 Å². The van der Waals surface area contributed by atoms with Gasteiger partial charge in [-0.2, -0.15) is 4.98 Å². The minimum atomic E-state index is -3.57. The Hall–Kier alpha value is -1.48. The molecule has 1 saturated carbocycles. The van der Waals surface area contributed by atoms with Crippen molar-refractivity contribution in [3.8, 4) is 11.5 Å². The molecule has 0 saturated heterocycles. The Bertz CT molecular complexity index is 851. The molecule has 1 heterocycles. The predicted molar refractivity (Wildman–Crippen MR) is 101 cm³/mol. The van der Waals surface area contributed by atoms with E-state index in [-0.39, 0.29) is 17.3 Å². The summed E-state index contributed by atoms with van der Waals surface area (Å²) >= 11 is 0. The lowest BCUT2D eigenvalue weighted by atomic mass is 9.99. The number of nitrogens with one attached hydrogen (secondary N) is 1. The van der Waals surface area contributed by atoms with Crippen molar-refractivity contribution in [1.82, 2.24) is 14.9 Å². The first-order chi connectivity index (χ1) is 11.6. The van der Waals surface area contributed by atoms with Gasteiger partial charge in [0, 0.05) is 11.1 Å². The van der Waals surface area contributed by atoms with Crippen LogP contribution in [0.5, 0.6) is 0 Å². The number of nitrogens with zero attached hydrogens (tertiary/aromatic N) is 2. The van der Waals surface area contributed by atoms with Gasteiger partial charge in [-0.1, -0.05) is 18.0 Å². The average Bonchev–Trinajstić information content (AvgIpc) is 3.15. The van der Waals surface area contributed by atoms with Gasteiger partial charge in [0.05, 0.1) is 10.4 Å². The van der Waals surface area contributed by atoms with E-state index in [4.69, 9.17) is 10.3 Å². The Morgan fingerprint density at radius 3 is 2.27 bits per heavy atom. The van der Waals surface area contributed by atoms with E-state index in [0.717, 1.165) is 25.7 Å². The van der Waals surface area contributed by atoms with Gasteiger partial charge in [0.15, 0.2) is 5.82 Å². The molecule has 1 aliphatic rings. The van der Waals surface area contributed by atoms with Crippen LogP contribution < -0.4 is 10.5 Å². The molecule has 7 nitrogen and oxygen atoms in total. The van der Waals surface area contributed by atoms with Crippen LogP contribution in [0, 0.1) is 0 Å². The van der Waals surface area contributed by atoms with Crippen LogP contribution in [0.3, 0.4) is 0 Å². The smallest absolute Gasteiger partial charge is 0.257 e. The summed E-state index contributed by atoms with van der Waals surface area (Å²) in [6, 6.07) is 6.38. The van der Waals surface area contributed by atoms with Crippen LogP contribution in [-0.4, -0.2) is 24.1 Å². The normalized spacial score (nSPS) is 17.1. The maximum Gasteiger partial charge on any atom is 0.257 e. The van der Waals surface area contributed by atoms with Crippen molar-refractivity contribution in [2.24, 2.45) is 5.73 Å². The molecule has 1 aromatic heterocycles. The third-order valence-electron chi connectivity index (χ3n) is 4.22. The fourth-order valence-electron chi connectivity index (χ4n) is 3.01. The van der Waals surface area contributed by atoms with Crippen molar-refractivity contribution < 1.29 is 12.9 Å². The summed E-state index contributed by atoms with van der Waals surface area (Å²) < 4.78 is 32.6. The van der Waals surface area contributed by atoms with Gasteiger partial charge in [-0.25, -0.2) is 13.1 Å². The highest BCUT2D eigenvalue weighted by atomic mass is 35.5. The first-order valence-electron chi connectivity index (χ1n) is 8.37. The second-order valence-electron chi connectivity index (χ2n) is 7.67. The van der Waals surface area contributed by atoms with Gasteiger partial charge in [-0.3, -0.25) is 0 Å². The van der Waals surface area contributed by atoms with Crippen LogP contribution in [0.25, 0.3) is 11.5 Å². The highest BCUT2D eigenvalue weighted by molar-refractivity contribution is 7.89. The van der Waals surface area contributed by atoms with E-state index in [0.29, 0.717) is 17.3 Å². The Balaban J connectivity index is 0.00000243. The van der Waals surface area contributed by atoms with Gasteiger partial charge in [0.1, 0.15) is 0 Å². The van der Waals surface area contributed by atoms with E-state index >= 15 is 0 Å². The molecule has 1 aliphatic carbocycles. The van der Waals surface area contributed by atoms with E-state index in [2.05, 4.69) is 14.9 Å². The fourth-order valence-corrected chi connectivity index (χ4v) is 4.43. The van der Waals surface area contributed by atoms with Crippen LogP contribution in [0.1, 0.15) is 52.3 Å². The number of benzene rings is 1. The number of halogens is 1. The highest BCUT2D eigenvalue weighted by Crippen LogP contribution is 2.35. The second-order valence-corrected chi connectivity index (χ2v) is 9.35. The largest absolute Gasteiger partial charge is 0.334 e. The minimum absolute atomic E-state index is 0. The molecule has 2 aromatic rings. The summed E-state index contributed by atoms with van der Waals surface area (Å²) in [7, 11) is -3.57. The molecule has 0 aliphatic heterocycles. The molecule has 0 radical (unpaired) electrons. The van der Waals surface area contributed by atoms with E-state index < -0.39 is 21.1 Å². The molecule has 26 heavy (non-hydrogen) atoms. The highest BCUT2D eigenvalue weighted by Gasteiger charge is 2.36. The van der Waals surface area contributed by atoms with E-state index in [1.807, 2.05) is 0 Å². The van der Waals surface area contributed by atoms with Gasteiger partial charge in [0.2, 0.25) is 10.0 Å². The van der Waals surface area contributed by atoms with Gasteiger partial charge >= 0.3 is 0 Å². The lowest BCUT2D eigenvalue weighted by Crippen LogP contribution is -2.40. The molecule has 3 rings (SSSR count). The summed E-state index contributed by atoms with van der Waals surface area (Å²) in [5.41, 5.74) is 5.94. The molecule has 144 valence electrons. The number of rotatable bonds is 4. The first kappa shape index (κ1) is 20.8. The van der Waals surface area contributed by atoms with E-state index in [1.165, 1.54) is 12.1 Å². The summed E-state index contributed by atoms with van der Waals surface area (Å²) in [6.07, 6.45) is 3.82. The number of nitrogens with two attached hydrogens (primary N) is 1. The lowest BCUT2D eigenvalue weighted by Gasteiger charge is -2.20. The maximum absolute atomic E-state index is 12.3. The van der Waals surface area contributed by atoms with Crippen molar-refractivity contribution in [1.29, 1.82) is 0 Å². The number of hydrogen-bond acceptors (Lipinski definition) is 6. The standard InChI is InChI=1S/C17H24N4O3S.ClH/c1-16(2,3)21-25(22,23)13-8-6-12(7-9-13)14-19-15(20-24-14)17(18)10-4-5-11-17;/h6-9,21H,4-5,10-11,18H2,1-3H3;1H. The molecule has 1 fully saturated rings. The number of aromatic nitrogens is 2. The molecular formula is C17H25ClN4O3S. The SMILES string of the molecule is CC(C)(C)NS(=O)(=O)c1ccc(-c2nc(C3(N)CCCC3)no2)cc1.Cl. The number of sulfonamides is 1. The summed E-state index contributed by atoms with van der Waals surface area (Å²) in [5, 5.41) is 4.02. The lowest BCUT2D eigenvalue weighted by molar-refractivity contribution is 0.372. The van der Waals surface area contributed by atoms with Crippen LogP contribution in [0.4, 0.5) is 0 Å². The summed E-state index contributed by atoms with van der Waals surface area (Å²) in [5.74, 6) is 0.866. The Labute approximate surface area is 160 Å². The van der Waals surface area contributed by atoms with Crippen molar-refractivity contribution in [2.75, 3.05) is 0 Å². The fraction of sp³-hybridized carbons (Fsp3) is 0.529. The molecule has 3 N–H and O–H groups in total. The molecule has 9 heteroatoms. The van der Waals surface area contributed by atoms with Crippen LogP contribution >= 0.6 is 12.4 Å². The molecule has 0 spiro atoms. The molecule has 0 bridgehead atoms. The van der Waals surface area contributed by atoms with E-state index in [1.54, 1.807) is 32.9 Å². The zero-order valence-corrected chi connectivity index (χ0v) is 16.8. The average molecular weight is 401 g/mol. The maximum atomic E-state index is 12.3. The number of hydrogen-bond donors (Lipinski definition) is 2. The van der Waals surface area contributed by atoms with Gasteiger partial charge in [-0.15, -0.1) is 12.4 Å². The minimum Gasteiger partial charge on any atom is -0.334 e. The molecule has 1 aromatic carbocycles. The van der Waals surface area contributed by atoms with Gasteiger partial charge < -0.3 is 10.3 Å². The third kappa shape index (κ3) is 4.43. The van der Waals surface area contributed by atoms with Crippen LogP contribution in [0.2, 0.25) is 0 Å². The van der Waals surface area contributed by atoms with Crippen LogP contribution in [0.15, 0.2) is 33.7 Å². The summed E-state index contributed by atoms with van der Waals surface area (Å²) in [6.45, 7) is 5.39. The molecule has 0 unspecified atom stereocenters. The predicted octanol–water partition coefficient (Wildman–Crippen LogP) is 2.96. The third-order valence-corrected chi connectivity index (χ3v) is 5.99. The van der Waals surface area contributed by atoms with Gasteiger partial charge in [0.25, 0.3) is 5.89 Å². The Morgan fingerprint density at radius 1 is 1.15 bits per heavy atom. The van der Waals surface area contributed by atoms with Crippen molar-refractivity contribution in [3.05, 3.63) is 30.1 Å². The van der Waals surface area contributed by atoms with Crippen molar-refractivity contribution >= 4 is 22.4 Å². The van der Waals surface area contributed by atoms with Crippen molar-refractivity contribution in [2.45, 2.75) is 62.4 Å². The zero-order chi connectivity index (χ0) is 18.3. The monoisotopic (exact) mass is 400 g/mol. The summed E-state index contributed by atoms with van der Waals surface area (Å²) in [4.78, 5) is 4.61. The van der Waals surface area contributed by atoms with E-state index in [9.17, 15) is 8.42 Å². The quantitative estimate of drug-likeness (QED) is 0.816. The second kappa shape index (κ2) is 7.26. The first-order valence-corrected chi connectivity index (χ1v) is 9.85. The van der Waals surface area contributed by atoms with Crippen LogP contribution in [-0.2, 0) is 15.6 Å². The Kier molecular flexibility index (Phi) is 5.82. The Morgan fingerprint density at radius 2 is 1.73 bits per heavy atom.